The lowest BCUT2D eigenvalue weighted by Crippen LogP contribution is -2.07. The lowest BCUT2D eigenvalue weighted by Gasteiger charge is -2.08. The number of hydrogen-bond donors (Lipinski definition) is 2. The number of benzene rings is 2. The number of carbonyl (C=O) groups excluding carboxylic acids is 1. The molecule has 0 bridgehead atoms. The van der Waals surface area contributed by atoms with Crippen molar-refractivity contribution in [2.75, 3.05) is 11.9 Å². The summed E-state index contributed by atoms with van der Waals surface area (Å²) < 4.78 is 0. The van der Waals surface area contributed by atoms with Gasteiger partial charge in [0.1, 0.15) is 5.69 Å². The number of aromatic amines is 1. The molecule has 3 rings (SSSR count). The van der Waals surface area contributed by atoms with Crippen LogP contribution in [0.25, 0.3) is 10.9 Å². The van der Waals surface area contributed by atoms with Gasteiger partial charge in [0, 0.05) is 35.3 Å². The number of carbonyl (C=O) groups is 1. The van der Waals surface area contributed by atoms with Crippen molar-refractivity contribution in [1.82, 2.24) is 4.98 Å². The third-order valence-corrected chi connectivity index (χ3v) is 3.99. The first-order chi connectivity index (χ1) is 11.6. The maximum atomic E-state index is 11.4. The largest absolute Gasteiger partial charge is 0.379 e. The van der Waals surface area contributed by atoms with Crippen molar-refractivity contribution in [3.63, 3.8) is 0 Å². The highest BCUT2D eigenvalue weighted by Crippen LogP contribution is 2.26. The Morgan fingerprint density at radius 3 is 2.79 bits per heavy atom. The fraction of sp³-hybridized carbons (Fsp3) is 0.167. The molecule has 0 atom stereocenters. The van der Waals surface area contributed by atoms with Crippen molar-refractivity contribution in [2.45, 2.75) is 13.3 Å². The zero-order valence-corrected chi connectivity index (χ0v) is 13.2. The minimum absolute atomic E-state index is 0.0818. The molecule has 24 heavy (non-hydrogen) atoms. The van der Waals surface area contributed by atoms with Gasteiger partial charge in [-0.15, -0.1) is 0 Å². The van der Waals surface area contributed by atoms with Crippen LogP contribution in [0.5, 0.6) is 0 Å². The number of nitrogens with zero attached hydrogens (tertiary/aromatic N) is 1. The minimum atomic E-state index is -0.472. The van der Waals surface area contributed by atoms with Crippen LogP contribution in [-0.4, -0.2) is 22.2 Å². The molecular weight excluding hydrogens is 306 g/mol. The Morgan fingerprint density at radius 2 is 2.04 bits per heavy atom. The van der Waals surface area contributed by atoms with Crippen LogP contribution < -0.4 is 5.32 Å². The van der Waals surface area contributed by atoms with Gasteiger partial charge in [-0.05, 0) is 37.1 Å². The minimum Gasteiger partial charge on any atom is -0.379 e. The molecule has 0 aliphatic heterocycles. The molecule has 0 saturated heterocycles. The third kappa shape index (κ3) is 3.12. The molecule has 3 aromatic rings. The highest BCUT2D eigenvalue weighted by atomic mass is 16.6. The van der Waals surface area contributed by atoms with E-state index in [2.05, 4.69) is 10.3 Å². The normalized spacial score (nSPS) is 10.7. The summed E-state index contributed by atoms with van der Waals surface area (Å²) >= 11 is 0. The molecule has 0 amide bonds. The average molecular weight is 323 g/mol. The van der Waals surface area contributed by atoms with Crippen LogP contribution in [0.1, 0.15) is 22.8 Å². The molecular formula is C18H17N3O3. The van der Waals surface area contributed by atoms with Gasteiger partial charge in [-0.3, -0.25) is 14.9 Å². The zero-order chi connectivity index (χ0) is 17.1. The number of H-pyrrole nitrogens is 1. The predicted molar refractivity (Wildman–Crippen MR) is 93.6 cm³/mol. The van der Waals surface area contributed by atoms with Crippen molar-refractivity contribution in [3.05, 3.63) is 69.9 Å². The molecule has 122 valence electrons. The van der Waals surface area contributed by atoms with Crippen LogP contribution in [0.2, 0.25) is 0 Å². The Morgan fingerprint density at radius 1 is 1.25 bits per heavy atom. The molecule has 0 saturated carbocycles. The monoisotopic (exact) mass is 323 g/mol. The van der Waals surface area contributed by atoms with Gasteiger partial charge in [-0.2, -0.15) is 0 Å². The van der Waals surface area contributed by atoms with Gasteiger partial charge in [0.05, 0.1) is 4.92 Å². The van der Waals surface area contributed by atoms with E-state index in [0.29, 0.717) is 17.8 Å². The van der Waals surface area contributed by atoms with Crippen LogP contribution >= 0.6 is 0 Å². The first-order valence-corrected chi connectivity index (χ1v) is 7.64. The number of rotatable bonds is 6. The van der Waals surface area contributed by atoms with E-state index in [1.165, 1.54) is 13.0 Å². The Hall–Kier alpha value is -3.15. The third-order valence-electron chi connectivity index (χ3n) is 3.99. The van der Waals surface area contributed by atoms with Gasteiger partial charge < -0.3 is 10.3 Å². The Balaban J connectivity index is 1.74. The summed E-state index contributed by atoms with van der Waals surface area (Å²) in [5.74, 6) is -0.191. The highest BCUT2D eigenvalue weighted by molar-refractivity contribution is 5.95. The Bertz CT molecular complexity index is 915. The molecule has 6 heteroatoms. The number of nitrogens with one attached hydrogen (secondary N) is 2. The van der Waals surface area contributed by atoms with Gasteiger partial charge in [-0.25, -0.2) is 0 Å². The first-order valence-electron chi connectivity index (χ1n) is 7.64. The fourth-order valence-electron chi connectivity index (χ4n) is 2.72. The molecule has 0 fully saturated rings. The first kappa shape index (κ1) is 15.7. The summed E-state index contributed by atoms with van der Waals surface area (Å²) in [5, 5.41) is 15.5. The number of nitro benzene ring substituents is 1. The topological polar surface area (TPSA) is 88.0 Å². The maximum Gasteiger partial charge on any atom is 0.293 e. The van der Waals surface area contributed by atoms with Crippen LogP contribution in [-0.2, 0) is 6.42 Å². The van der Waals surface area contributed by atoms with Gasteiger partial charge in [-0.1, -0.05) is 18.2 Å². The number of nitro groups is 1. The van der Waals surface area contributed by atoms with E-state index in [1.54, 1.807) is 12.1 Å². The van der Waals surface area contributed by atoms with E-state index >= 15 is 0 Å². The molecule has 1 aromatic heterocycles. The molecule has 0 spiro atoms. The quantitative estimate of drug-likeness (QED) is 0.408. The van der Waals surface area contributed by atoms with E-state index in [4.69, 9.17) is 0 Å². The number of Topliss-reactive ketones (excluding diaryl/α,β-unsaturated/α-hetero) is 1. The van der Waals surface area contributed by atoms with Gasteiger partial charge in [0.2, 0.25) is 0 Å². The van der Waals surface area contributed by atoms with Crippen LogP contribution in [0.3, 0.4) is 0 Å². The average Bonchev–Trinajstić information content (AvgIpc) is 2.98. The second-order valence-corrected chi connectivity index (χ2v) is 5.58. The number of anilines is 1. The number of hydrogen-bond acceptors (Lipinski definition) is 4. The molecule has 2 N–H and O–H groups in total. The van der Waals surface area contributed by atoms with Crippen LogP contribution in [0, 0.1) is 10.1 Å². The second kappa shape index (κ2) is 6.54. The lowest BCUT2D eigenvalue weighted by molar-refractivity contribution is -0.384. The summed E-state index contributed by atoms with van der Waals surface area (Å²) in [7, 11) is 0. The number of fused-ring (bicyclic) bond motifs is 1. The standard InChI is InChI=1S/C18H17N3O3/c1-12(22)13-6-7-17(18(10-13)21(23)24)19-9-8-14-11-20-16-5-3-2-4-15(14)16/h2-7,10-11,19-20H,8-9H2,1H3. The summed E-state index contributed by atoms with van der Waals surface area (Å²) in [5.41, 5.74) is 2.90. The number of ketones is 1. The molecule has 6 nitrogen and oxygen atoms in total. The molecule has 0 aliphatic rings. The van der Waals surface area contributed by atoms with E-state index in [1.807, 2.05) is 30.5 Å². The molecule has 0 aliphatic carbocycles. The van der Waals surface area contributed by atoms with Crippen molar-refractivity contribution in [1.29, 1.82) is 0 Å². The summed E-state index contributed by atoms with van der Waals surface area (Å²) in [6.07, 6.45) is 2.69. The van der Waals surface area contributed by atoms with Gasteiger partial charge >= 0.3 is 0 Å². The van der Waals surface area contributed by atoms with Crippen LogP contribution in [0.15, 0.2) is 48.7 Å². The van der Waals surface area contributed by atoms with Crippen molar-refractivity contribution >= 4 is 28.1 Å². The summed E-state index contributed by atoms with van der Waals surface area (Å²) in [6, 6.07) is 12.5. The van der Waals surface area contributed by atoms with E-state index in [0.717, 1.165) is 22.9 Å². The fourth-order valence-corrected chi connectivity index (χ4v) is 2.72. The zero-order valence-electron chi connectivity index (χ0n) is 13.2. The van der Waals surface area contributed by atoms with Crippen molar-refractivity contribution < 1.29 is 9.72 Å². The van der Waals surface area contributed by atoms with Crippen LogP contribution in [0.4, 0.5) is 11.4 Å². The lowest BCUT2D eigenvalue weighted by atomic mass is 10.1. The predicted octanol–water partition coefficient (Wildman–Crippen LogP) is 3.93. The maximum absolute atomic E-state index is 11.4. The summed E-state index contributed by atoms with van der Waals surface area (Å²) in [6.45, 7) is 1.95. The van der Waals surface area contributed by atoms with Crippen molar-refractivity contribution in [2.24, 2.45) is 0 Å². The molecule has 0 radical (unpaired) electrons. The Labute approximate surface area is 138 Å². The van der Waals surface area contributed by atoms with Crippen molar-refractivity contribution in [3.8, 4) is 0 Å². The van der Waals surface area contributed by atoms with E-state index < -0.39 is 4.92 Å². The highest BCUT2D eigenvalue weighted by Gasteiger charge is 2.16. The summed E-state index contributed by atoms with van der Waals surface area (Å²) in [4.78, 5) is 25.3. The van der Waals surface area contributed by atoms with E-state index in [9.17, 15) is 14.9 Å². The molecule has 2 aromatic carbocycles. The second-order valence-electron chi connectivity index (χ2n) is 5.58. The SMILES string of the molecule is CC(=O)c1ccc(NCCc2c[nH]c3ccccc23)c([N+](=O)[O-])c1. The Kier molecular flexibility index (Phi) is 4.29. The van der Waals surface area contributed by atoms with E-state index in [-0.39, 0.29) is 11.5 Å². The number of para-hydroxylation sites is 1. The van der Waals surface area contributed by atoms with Gasteiger partial charge in [0.15, 0.2) is 5.78 Å². The molecule has 1 heterocycles. The number of aromatic nitrogens is 1. The molecule has 0 unspecified atom stereocenters. The smallest absolute Gasteiger partial charge is 0.293 e. The van der Waals surface area contributed by atoms with Gasteiger partial charge in [0.25, 0.3) is 5.69 Å².